The van der Waals surface area contributed by atoms with Crippen molar-refractivity contribution in [3.63, 3.8) is 0 Å². The van der Waals surface area contributed by atoms with E-state index in [2.05, 4.69) is 0 Å². The molecule has 2 N–H and O–H groups in total. The van der Waals surface area contributed by atoms with E-state index in [-0.39, 0.29) is 0 Å². The summed E-state index contributed by atoms with van der Waals surface area (Å²) in [5.41, 5.74) is 8.57. The Morgan fingerprint density at radius 2 is 1.82 bits per heavy atom. The first kappa shape index (κ1) is 11.8. The average molecular weight is 248 g/mol. The summed E-state index contributed by atoms with van der Waals surface area (Å²) in [4.78, 5) is 0. The summed E-state index contributed by atoms with van der Waals surface area (Å²) in [6.45, 7) is 3.96. The highest BCUT2D eigenvalue weighted by Crippen LogP contribution is 2.29. The molecular formula is C14H14ClNO. The second kappa shape index (κ2) is 4.68. The number of nitrogens with two attached hydrogens (primary N) is 1. The second-order valence-electron chi connectivity index (χ2n) is 4.09. The van der Waals surface area contributed by atoms with Crippen molar-refractivity contribution in [1.29, 1.82) is 0 Å². The molecule has 0 radical (unpaired) electrons. The largest absolute Gasteiger partial charge is 0.457 e. The third-order valence-electron chi connectivity index (χ3n) is 2.45. The van der Waals surface area contributed by atoms with Gasteiger partial charge in [-0.2, -0.15) is 0 Å². The second-order valence-corrected chi connectivity index (χ2v) is 4.53. The van der Waals surface area contributed by atoms with Crippen LogP contribution in [0.3, 0.4) is 0 Å². The summed E-state index contributed by atoms with van der Waals surface area (Å²) in [5.74, 6) is 1.48. The van der Waals surface area contributed by atoms with Gasteiger partial charge < -0.3 is 10.5 Å². The molecule has 0 aliphatic heterocycles. The van der Waals surface area contributed by atoms with E-state index in [9.17, 15) is 0 Å². The Morgan fingerprint density at radius 3 is 2.53 bits per heavy atom. The molecule has 0 unspecified atom stereocenters. The van der Waals surface area contributed by atoms with Crippen LogP contribution in [0.15, 0.2) is 36.4 Å². The van der Waals surface area contributed by atoms with Crippen molar-refractivity contribution in [3.05, 3.63) is 52.5 Å². The smallest absolute Gasteiger partial charge is 0.131 e. The van der Waals surface area contributed by atoms with Crippen LogP contribution in [0.4, 0.5) is 5.69 Å². The molecule has 0 aliphatic carbocycles. The fraction of sp³-hybridized carbons (Fsp3) is 0.143. The lowest BCUT2D eigenvalue weighted by Gasteiger charge is -2.10. The maximum Gasteiger partial charge on any atom is 0.131 e. The molecule has 0 fully saturated rings. The van der Waals surface area contributed by atoms with Gasteiger partial charge in [-0.3, -0.25) is 0 Å². The summed E-state index contributed by atoms with van der Waals surface area (Å²) in [6.07, 6.45) is 0. The van der Waals surface area contributed by atoms with E-state index in [0.29, 0.717) is 10.7 Å². The average Bonchev–Trinajstić information content (AvgIpc) is 2.22. The number of hydrogen-bond donors (Lipinski definition) is 1. The molecule has 17 heavy (non-hydrogen) atoms. The van der Waals surface area contributed by atoms with E-state index in [4.69, 9.17) is 22.1 Å². The molecule has 0 saturated carbocycles. The summed E-state index contributed by atoms with van der Waals surface area (Å²) in [7, 11) is 0. The zero-order valence-electron chi connectivity index (χ0n) is 9.83. The van der Waals surface area contributed by atoms with Crippen molar-refractivity contribution in [2.45, 2.75) is 13.8 Å². The van der Waals surface area contributed by atoms with E-state index in [1.54, 1.807) is 12.1 Å². The monoisotopic (exact) mass is 247 g/mol. The van der Waals surface area contributed by atoms with Gasteiger partial charge in [-0.15, -0.1) is 0 Å². The Kier molecular flexibility index (Phi) is 3.25. The number of nitrogen functional groups attached to an aromatic ring is 1. The van der Waals surface area contributed by atoms with Gasteiger partial charge in [-0.25, -0.2) is 0 Å². The van der Waals surface area contributed by atoms with Crippen molar-refractivity contribution >= 4 is 17.3 Å². The van der Waals surface area contributed by atoms with Crippen LogP contribution in [0.2, 0.25) is 5.02 Å². The SMILES string of the molecule is Cc1cc(N)cc(Oc2cc(Cl)ccc2C)c1. The topological polar surface area (TPSA) is 35.2 Å². The van der Waals surface area contributed by atoms with E-state index in [0.717, 1.165) is 22.6 Å². The van der Waals surface area contributed by atoms with Crippen molar-refractivity contribution in [2.75, 3.05) is 5.73 Å². The molecule has 0 spiro atoms. The number of aryl methyl sites for hydroxylation is 2. The Bertz CT molecular complexity index is 532. The highest BCUT2D eigenvalue weighted by molar-refractivity contribution is 6.30. The van der Waals surface area contributed by atoms with Crippen molar-refractivity contribution in [1.82, 2.24) is 0 Å². The molecular weight excluding hydrogens is 234 g/mol. The van der Waals surface area contributed by atoms with Gasteiger partial charge in [0.05, 0.1) is 0 Å². The van der Waals surface area contributed by atoms with Gasteiger partial charge in [0.25, 0.3) is 0 Å². The lowest BCUT2D eigenvalue weighted by atomic mass is 10.2. The predicted molar refractivity (Wildman–Crippen MR) is 71.9 cm³/mol. The Balaban J connectivity index is 2.34. The van der Waals surface area contributed by atoms with Gasteiger partial charge in [0, 0.05) is 16.8 Å². The molecule has 2 rings (SSSR count). The first-order valence-corrected chi connectivity index (χ1v) is 5.73. The highest BCUT2D eigenvalue weighted by atomic mass is 35.5. The number of anilines is 1. The fourth-order valence-corrected chi connectivity index (χ4v) is 1.81. The lowest BCUT2D eigenvalue weighted by molar-refractivity contribution is 0.479. The van der Waals surface area contributed by atoms with Gasteiger partial charge in [0.2, 0.25) is 0 Å². The van der Waals surface area contributed by atoms with Crippen LogP contribution in [0.5, 0.6) is 11.5 Å². The maximum absolute atomic E-state index is 5.94. The summed E-state index contributed by atoms with van der Waals surface area (Å²) in [6, 6.07) is 11.2. The molecule has 0 atom stereocenters. The minimum Gasteiger partial charge on any atom is -0.457 e. The number of halogens is 1. The molecule has 0 aliphatic rings. The summed E-state index contributed by atoms with van der Waals surface area (Å²) >= 11 is 5.94. The zero-order valence-corrected chi connectivity index (χ0v) is 10.6. The van der Waals surface area contributed by atoms with Crippen molar-refractivity contribution in [2.24, 2.45) is 0 Å². The quantitative estimate of drug-likeness (QED) is 0.802. The molecule has 0 saturated heterocycles. The fourth-order valence-electron chi connectivity index (χ4n) is 1.65. The highest BCUT2D eigenvalue weighted by Gasteiger charge is 2.03. The maximum atomic E-state index is 5.94. The van der Waals surface area contributed by atoms with Gasteiger partial charge in [0.15, 0.2) is 0 Å². The van der Waals surface area contributed by atoms with Crippen LogP contribution in [0.1, 0.15) is 11.1 Å². The first-order valence-electron chi connectivity index (χ1n) is 5.36. The molecule has 2 nitrogen and oxygen atoms in total. The summed E-state index contributed by atoms with van der Waals surface area (Å²) in [5, 5.41) is 0.659. The molecule has 88 valence electrons. The molecule has 3 heteroatoms. The van der Waals surface area contributed by atoms with Crippen molar-refractivity contribution in [3.8, 4) is 11.5 Å². The van der Waals surface area contributed by atoms with Gasteiger partial charge in [-0.1, -0.05) is 17.7 Å². The van der Waals surface area contributed by atoms with Crippen LogP contribution < -0.4 is 10.5 Å². The molecule has 0 amide bonds. The zero-order chi connectivity index (χ0) is 12.4. The van der Waals surface area contributed by atoms with Crippen LogP contribution in [0, 0.1) is 13.8 Å². The third-order valence-corrected chi connectivity index (χ3v) is 2.69. The van der Waals surface area contributed by atoms with E-state index >= 15 is 0 Å². The minimum absolute atomic E-state index is 0.659. The van der Waals surface area contributed by atoms with Gasteiger partial charge in [-0.05, 0) is 49.2 Å². The standard InChI is InChI=1S/C14H14ClNO/c1-9-5-12(16)8-13(6-9)17-14-7-11(15)4-3-10(14)2/h3-8H,16H2,1-2H3. The number of benzene rings is 2. The van der Waals surface area contributed by atoms with E-state index < -0.39 is 0 Å². The molecule has 0 bridgehead atoms. The number of ether oxygens (including phenoxy) is 1. The van der Waals surface area contributed by atoms with Gasteiger partial charge in [0.1, 0.15) is 11.5 Å². The van der Waals surface area contributed by atoms with E-state index in [1.165, 1.54) is 0 Å². The Morgan fingerprint density at radius 1 is 1.06 bits per heavy atom. The van der Waals surface area contributed by atoms with Crippen LogP contribution in [-0.2, 0) is 0 Å². The van der Waals surface area contributed by atoms with Crippen molar-refractivity contribution < 1.29 is 4.74 Å². The lowest BCUT2D eigenvalue weighted by Crippen LogP contribution is -1.91. The third kappa shape index (κ3) is 2.92. The minimum atomic E-state index is 0.659. The van der Waals surface area contributed by atoms with E-state index in [1.807, 2.05) is 38.1 Å². The molecule has 0 aromatic heterocycles. The molecule has 2 aromatic carbocycles. The summed E-state index contributed by atoms with van der Waals surface area (Å²) < 4.78 is 5.79. The molecule has 2 aromatic rings. The molecule has 0 heterocycles. The van der Waals surface area contributed by atoms with Crippen LogP contribution in [0.25, 0.3) is 0 Å². The predicted octanol–water partition coefficient (Wildman–Crippen LogP) is 4.33. The van der Waals surface area contributed by atoms with Crippen LogP contribution in [-0.4, -0.2) is 0 Å². The van der Waals surface area contributed by atoms with Gasteiger partial charge >= 0.3 is 0 Å². The Hall–Kier alpha value is -1.67. The first-order chi connectivity index (χ1) is 8.04. The number of hydrogen-bond acceptors (Lipinski definition) is 2. The number of rotatable bonds is 2. The Labute approximate surface area is 106 Å². The van der Waals surface area contributed by atoms with Crippen LogP contribution >= 0.6 is 11.6 Å². The normalized spacial score (nSPS) is 10.3.